The highest BCUT2D eigenvalue weighted by atomic mass is 16.2. The highest BCUT2D eigenvalue weighted by Gasteiger charge is 2.21. The van der Waals surface area contributed by atoms with Crippen LogP contribution < -0.4 is 10.9 Å². The topological polar surface area (TPSA) is 74.0 Å². The standard InChI is InChI=1S/C15H25N3O2/c1-10(2)8-12(9-11(3)4)14(19)17-18-15(20)13-6-5-7-16-13/h5-7,10-12,16H,8-9H2,1-4H3,(H,17,19)(H,18,20). The van der Waals surface area contributed by atoms with Gasteiger partial charge in [0, 0.05) is 12.1 Å². The van der Waals surface area contributed by atoms with Crippen LogP contribution in [0.15, 0.2) is 18.3 Å². The summed E-state index contributed by atoms with van der Waals surface area (Å²) in [6.45, 7) is 8.38. The van der Waals surface area contributed by atoms with E-state index >= 15 is 0 Å². The molecule has 2 amide bonds. The monoisotopic (exact) mass is 279 g/mol. The Labute approximate surface area is 120 Å². The van der Waals surface area contributed by atoms with Crippen LogP contribution in [0.3, 0.4) is 0 Å². The van der Waals surface area contributed by atoms with Crippen LogP contribution in [-0.2, 0) is 4.79 Å². The lowest BCUT2D eigenvalue weighted by Crippen LogP contribution is -2.45. The van der Waals surface area contributed by atoms with E-state index < -0.39 is 0 Å². The van der Waals surface area contributed by atoms with Crippen molar-refractivity contribution >= 4 is 11.8 Å². The number of hydrazine groups is 1. The number of hydrogen-bond donors (Lipinski definition) is 3. The smallest absolute Gasteiger partial charge is 0.286 e. The molecule has 0 aliphatic carbocycles. The first-order valence-electron chi connectivity index (χ1n) is 7.13. The Morgan fingerprint density at radius 1 is 1.10 bits per heavy atom. The molecule has 0 radical (unpaired) electrons. The molecule has 5 nitrogen and oxygen atoms in total. The molecule has 20 heavy (non-hydrogen) atoms. The lowest BCUT2D eigenvalue weighted by molar-refractivity contribution is -0.126. The largest absolute Gasteiger partial charge is 0.357 e. The van der Waals surface area contributed by atoms with E-state index in [0.717, 1.165) is 12.8 Å². The molecule has 1 aromatic rings. The van der Waals surface area contributed by atoms with Gasteiger partial charge in [-0.3, -0.25) is 20.4 Å². The fourth-order valence-electron chi connectivity index (χ4n) is 2.21. The van der Waals surface area contributed by atoms with Gasteiger partial charge in [0.05, 0.1) is 0 Å². The molecule has 0 aromatic carbocycles. The minimum atomic E-state index is -0.337. The second-order valence-corrected chi connectivity index (χ2v) is 5.98. The molecule has 0 bridgehead atoms. The van der Waals surface area contributed by atoms with E-state index in [-0.39, 0.29) is 17.7 Å². The van der Waals surface area contributed by atoms with Crippen LogP contribution in [-0.4, -0.2) is 16.8 Å². The second-order valence-electron chi connectivity index (χ2n) is 5.98. The van der Waals surface area contributed by atoms with Gasteiger partial charge in [0.25, 0.3) is 5.91 Å². The average Bonchev–Trinajstić information content (AvgIpc) is 2.87. The van der Waals surface area contributed by atoms with Gasteiger partial charge in [-0.05, 0) is 36.8 Å². The zero-order valence-electron chi connectivity index (χ0n) is 12.7. The molecule has 0 aliphatic heterocycles. The molecular formula is C15H25N3O2. The van der Waals surface area contributed by atoms with Crippen molar-refractivity contribution < 1.29 is 9.59 Å². The third kappa shape index (κ3) is 5.47. The van der Waals surface area contributed by atoms with E-state index in [1.807, 2.05) is 0 Å². The van der Waals surface area contributed by atoms with Gasteiger partial charge < -0.3 is 4.98 Å². The van der Waals surface area contributed by atoms with Crippen LogP contribution in [0.4, 0.5) is 0 Å². The summed E-state index contributed by atoms with van der Waals surface area (Å²) in [5.41, 5.74) is 5.39. The predicted molar refractivity (Wildman–Crippen MR) is 78.8 cm³/mol. The van der Waals surface area contributed by atoms with Crippen molar-refractivity contribution in [2.24, 2.45) is 17.8 Å². The van der Waals surface area contributed by atoms with Crippen molar-refractivity contribution in [2.75, 3.05) is 0 Å². The molecule has 0 atom stereocenters. The second kappa shape index (κ2) is 7.72. The van der Waals surface area contributed by atoms with E-state index in [0.29, 0.717) is 17.5 Å². The van der Waals surface area contributed by atoms with Crippen molar-refractivity contribution in [3.63, 3.8) is 0 Å². The number of nitrogens with one attached hydrogen (secondary N) is 3. The molecule has 1 aromatic heterocycles. The number of amides is 2. The molecule has 3 N–H and O–H groups in total. The van der Waals surface area contributed by atoms with Crippen molar-refractivity contribution in [2.45, 2.75) is 40.5 Å². The Morgan fingerprint density at radius 3 is 2.15 bits per heavy atom. The van der Waals surface area contributed by atoms with Crippen LogP contribution in [0.25, 0.3) is 0 Å². The van der Waals surface area contributed by atoms with Crippen molar-refractivity contribution in [3.8, 4) is 0 Å². The molecule has 0 aliphatic rings. The molecule has 112 valence electrons. The van der Waals surface area contributed by atoms with Gasteiger partial charge in [-0.1, -0.05) is 27.7 Å². The lowest BCUT2D eigenvalue weighted by Gasteiger charge is -2.20. The molecule has 5 heteroatoms. The summed E-state index contributed by atoms with van der Waals surface area (Å²) in [6, 6.07) is 3.39. The summed E-state index contributed by atoms with van der Waals surface area (Å²) in [5.74, 6) is 0.370. The van der Waals surface area contributed by atoms with Gasteiger partial charge in [-0.15, -0.1) is 0 Å². The molecule has 1 heterocycles. The molecule has 0 fully saturated rings. The number of carbonyl (C=O) groups excluding carboxylic acids is 2. The third-order valence-corrected chi connectivity index (χ3v) is 3.02. The Hall–Kier alpha value is -1.78. The summed E-state index contributed by atoms with van der Waals surface area (Å²) in [4.78, 5) is 26.7. The number of carbonyl (C=O) groups is 2. The maximum atomic E-state index is 12.2. The first-order chi connectivity index (χ1) is 9.40. The van der Waals surface area contributed by atoms with E-state index in [2.05, 4.69) is 43.5 Å². The number of aromatic amines is 1. The number of hydrogen-bond acceptors (Lipinski definition) is 2. The van der Waals surface area contributed by atoms with Gasteiger partial charge >= 0.3 is 0 Å². The fourth-order valence-corrected chi connectivity index (χ4v) is 2.21. The molecule has 0 saturated carbocycles. The van der Waals surface area contributed by atoms with Crippen LogP contribution in [0.1, 0.15) is 51.0 Å². The van der Waals surface area contributed by atoms with Crippen molar-refractivity contribution in [1.29, 1.82) is 0 Å². The highest BCUT2D eigenvalue weighted by Crippen LogP contribution is 2.20. The number of H-pyrrole nitrogens is 1. The van der Waals surface area contributed by atoms with E-state index in [1.54, 1.807) is 18.3 Å². The Morgan fingerprint density at radius 2 is 1.70 bits per heavy atom. The zero-order valence-corrected chi connectivity index (χ0v) is 12.7. The van der Waals surface area contributed by atoms with Crippen LogP contribution in [0.5, 0.6) is 0 Å². The minimum absolute atomic E-state index is 0.0704. The Bertz CT molecular complexity index is 414. The Kier molecular flexibility index (Phi) is 6.28. The highest BCUT2D eigenvalue weighted by molar-refractivity contribution is 5.93. The summed E-state index contributed by atoms with van der Waals surface area (Å²) in [7, 11) is 0. The van der Waals surface area contributed by atoms with Gasteiger partial charge in [0.2, 0.25) is 5.91 Å². The van der Waals surface area contributed by atoms with E-state index in [4.69, 9.17) is 0 Å². The minimum Gasteiger partial charge on any atom is -0.357 e. The molecule has 1 rings (SSSR count). The summed E-state index contributed by atoms with van der Waals surface area (Å²) < 4.78 is 0. The third-order valence-electron chi connectivity index (χ3n) is 3.02. The lowest BCUT2D eigenvalue weighted by atomic mass is 9.89. The molecular weight excluding hydrogens is 254 g/mol. The maximum Gasteiger partial charge on any atom is 0.286 e. The molecule has 0 spiro atoms. The quantitative estimate of drug-likeness (QED) is 0.700. The first-order valence-corrected chi connectivity index (χ1v) is 7.13. The summed E-state index contributed by atoms with van der Waals surface area (Å²) in [6.07, 6.45) is 3.31. The maximum absolute atomic E-state index is 12.2. The van der Waals surface area contributed by atoms with E-state index in [9.17, 15) is 9.59 Å². The summed E-state index contributed by atoms with van der Waals surface area (Å²) >= 11 is 0. The first kappa shape index (κ1) is 16.3. The van der Waals surface area contributed by atoms with Gasteiger partial charge in [-0.2, -0.15) is 0 Å². The number of aromatic nitrogens is 1. The molecule has 0 saturated heterocycles. The van der Waals surface area contributed by atoms with E-state index in [1.165, 1.54) is 0 Å². The fraction of sp³-hybridized carbons (Fsp3) is 0.600. The van der Waals surface area contributed by atoms with Gasteiger partial charge in [0.1, 0.15) is 5.69 Å². The SMILES string of the molecule is CC(C)CC(CC(C)C)C(=O)NNC(=O)c1ccc[nH]1. The summed E-state index contributed by atoms with van der Waals surface area (Å²) in [5, 5.41) is 0. The normalized spacial score (nSPS) is 11.2. The van der Waals surface area contributed by atoms with Crippen molar-refractivity contribution in [3.05, 3.63) is 24.0 Å². The van der Waals surface area contributed by atoms with Crippen molar-refractivity contribution in [1.82, 2.24) is 15.8 Å². The van der Waals surface area contributed by atoms with Gasteiger partial charge in [0.15, 0.2) is 0 Å². The van der Waals surface area contributed by atoms with Crippen LogP contribution in [0.2, 0.25) is 0 Å². The Balaban J connectivity index is 2.51. The number of rotatable bonds is 6. The zero-order chi connectivity index (χ0) is 15.1. The molecule has 0 unspecified atom stereocenters. The van der Waals surface area contributed by atoms with Crippen LogP contribution in [0, 0.1) is 17.8 Å². The van der Waals surface area contributed by atoms with Gasteiger partial charge in [-0.25, -0.2) is 0 Å². The van der Waals surface area contributed by atoms with Crippen LogP contribution >= 0.6 is 0 Å². The predicted octanol–water partition coefficient (Wildman–Crippen LogP) is 2.48. The average molecular weight is 279 g/mol.